The molecule has 0 aliphatic carbocycles. The van der Waals surface area contributed by atoms with E-state index >= 15 is 0 Å². The van der Waals surface area contributed by atoms with Gasteiger partial charge >= 0.3 is 0 Å². The molecule has 0 spiro atoms. The van der Waals surface area contributed by atoms with Crippen LogP contribution in [0.2, 0.25) is 0 Å². The maximum atomic E-state index is 5.76. The molecule has 3 heteroatoms. The van der Waals surface area contributed by atoms with E-state index in [-0.39, 0.29) is 0 Å². The summed E-state index contributed by atoms with van der Waals surface area (Å²) in [7, 11) is 0. The van der Waals surface area contributed by atoms with E-state index in [9.17, 15) is 0 Å². The fourth-order valence-electron chi connectivity index (χ4n) is 1.51. The second kappa shape index (κ2) is 6.01. The van der Waals surface area contributed by atoms with Gasteiger partial charge in [-0.1, -0.05) is 31.2 Å². The Kier molecular flexibility index (Phi) is 4.11. The minimum atomic E-state index is 0.666. The minimum absolute atomic E-state index is 0.666. The summed E-state index contributed by atoms with van der Waals surface area (Å²) in [6.45, 7) is 3.78. The van der Waals surface area contributed by atoms with Gasteiger partial charge in [0.1, 0.15) is 5.75 Å². The predicted molar refractivity (Wildman–Crippen MR) is 68.1 cm³/mol. The zero-order valence-electron chi connectivity index (χ0n) is 9.89. The third-order valence-corrected chi connectivity index (χ3v) is 2.37. The van der Waals surface area contributed by atoms with Gasteiger partial charge in [0.05, 0.1) is 0 Å². The van der Waals surface area contributed by atoms with Crippen LogP contribution in [-0.4, -0.2) is 11.5 Å². The molecule has 0 fully saturated rings. The molecule has 17 heavy (non-hydrogen) atoms. The zero-order chi connectivity index (χ0) is 11.9. The third-order valence-electron chi connectivity index (χ3n) is 2.37. The van der Waals surface area contributed by atoms with E-state index in [2.05, 4.69) is 17.2 Å². The van der Waals surface area contributed by atoms with Crippen molar-refractivity contribution in [3.05, 3.63) is 54.2 Å². The first-order chi connectivity index (χ1) is 8.40. The molecule has 3 nitrogen and oxygen atoms in total. The smallest absolute Gasteiger partial charge is 0.223 e. The first-order valence-corrected chi connectivity index (χ1v) is 5.77. The normalized spacial score (nSPS) is 10.2. The summed E-state index contributed by atoms with van der Waals surface area (Å²) in [6, 6.07) is 13.6. The van der Waals surface area contributed by atoms with Gasteiger partial charge in [-0.15, -0.1) is 0 Å². The number of para-hydroxylation sites is 1. The number of hydrogen-bond donors (Lipinski definition) is 1. The highest BCUT2D eigenvalue weighted by molar-refractivity contribution is 5.31. The molecule has 0 saturated carbocycles. The maximum Gasteiger partial charge on any atom is 0.223 e. The monoisotopic (exact) mass is 228 g/mol. The van der Waals surface area contributed by atoms with Crippen molar-refractivity contribution in [1.29, 1.82) is 0 Å². The molecule has 0 unspecified atom stereocenters. The Morgan fingerprint density at radius 2 is 1.94 bits per heavy atom. The number of pyridine rings is 1. The summed E-state index contributed by atoms with van der Waals surface area (Å²) in [6.07, 6.45) is 1.74. The van der Waals surface area contributed by atoms with Gasteiger partial charge < -0.3 is 10.1 Å². The summed E-state index contributed by atoms with van der Waals surface area (Å²) in [5, 5.41) is 3.27. The fourth-order valence-corrected chi connectivity index (χ4v) is 1.51. The summed E-state index contributed by atoms with van der Waals surface area (Å²) >= 11 is 0. The Bertz CT molecular complexity index is 457. The highest BCUT2D eigenvalue weighted by Crippen LogP contribution is 2.22. The van der Waals surface area contributed by atoms with E-state index in [4.69, 9.17) is 4.74 Å². The maximum absolute atomic E-state index is 5.76. The van der Waals surface area contributed by atoms with Crippen LogP contribution >= 0.6 is 0 Å². The highest BCUT2D eigenvalue weighted by Gasteiger charge is 2.04. The Morgan fingerprint density at radius 1 is 1.12 bits per heavy atom. The van der Waals surface area contributed by atoms with Gasteiger partial charge in [-0.05, 0) is 24.7 Å². The molecule has 0 aliphatic rings. The summed E-state index contributed by atoms with van der Waals surface area (Å²) in [4.78, 5) is 4.26. The van der Waals surface area contributed by atoms with Crippen LogP contribution in [0.4, 0.5) is 0 Å². The van der Waals surface area contributed by atoms with Crippen molar-refractivity contribution >= 4 is 0 Å². The molecule has 1 N–H and O–H groups in total. The molecular formula is C14H16N2O. The van der Waals surface area contributed by atoms with Crippen LogP contribution in [0.3, 0.4) is 0 Å². The Hall–Kier alpha value is -1.87. The molecule has 0 atom stereocenters. The van der Waals surface area contributed by atoms with Crippen LogP contribution < -0.4 is 10.1 Å². The molecule has 2 rings (SSSR count). The first kappa shape index (κ1) is 11.6. The van der Waals surface area contributed by atoms with Gasteiger partial charge in [0.15, 0.2) is 0 Å². The highest BCUT2D eigenvalue weighted by atomic mass is 16.5. The van der Waals surface area contributed by atoms with Crippen LogP contribution in [-0.2, 0) is 6.54 Å². The molecular weight excluding hydrogens is 212 g/mol. The van der Waals surface area contributed by atoms with Crippen molar-refractivity contribution < 1.29 is 4.74 Å². The lowest BCUT2D eigenvalue weighted by atomic mass is 10.2. The fraction of sp³-hybridized carbons (Fsp3) is 0.214. The number of benzene rings is 1. The predicted octanol–water partition coefficient (Wildman–Crippen LogP) is 2.98. The topological polar surface area (TPSA) is 34.2 Å². The van der Waals surface area contributed by atoms with E-state index in [1.54, 1.807) is 6.20 Å². The first-order valence-electron chi connectivity index (χ1n) is 5.77. The van der Waals surface area contributed by atoms with Crippen LogP contribution in [0, 0.1) is 0 Å². The van der Waals surface area contributed by atoms with Crippen LogP contribution in [0.15, 0.2) is 48.7 Å². The van der Waals surface area contributed by atoms with Crippen molar-refractivity contribution in [2.75, 3.05) is 6.54 Å². The van der Waals surface area contributed by atoms with Gasteiger partial charge in [0.2, 0.25) is 5.88 Å². The van der Waals surface area contributed by atoms with E-state index in [1.165, 1.54) is 0 Å². The van der Waals surface area contributed by atoms with Crippen LogP contribution in [0.1, 0.15) is 12.5 Å². The quantitative estimate of drug-likeness (QED) is 0.854. The average molecular weight is 228 g/mol. The van der Waals surface area contributed by atoms with Crippen molar-refractivity contribution in [1.82, 2.24) is 10.3 Å². The lowest BCUT2D eigenvalue weighted by Gasteiger charge is -2.09. The number of aromatic nitrogens is 1. The number of ether oxygens (including phenoxy) is 1. The zero-order valence-corrected chi connectivity index (χ0v) is 9.89. The van der Waals surface area contributed by atoms with Crippen LogP contribution in [0.5, 0.6) is 11.6 Å². The second-order valence-corrected chi connectivity index (χ2v) is 3.66. The number of rotatable bonds is 5. The molecule has 88 valence electrons. The van der Waals surface area contributed by atoms with Gasteiger partial charge in [0, 0.05) is 18.3 Å². The number of nitrogens with one attached hydrogen (secondary N) is 1. The van der Waals surface area contributed by atoms with Gasteiger partial charge in [-0.25, -0.2) is 4.98 Å². The Labute approximate surface area is 101 Å². The number of hydrogen-bond acceptors (Lipinski definition) is 3. The molecule has 0 aliphatic heterocycles. The van der Waals surface area contributed by atoms with Gasteiger partial charge in [0.25, 0.3) is 0 Å². The number of nitrogens with zero attached hydrogens (tertiary/aromatic N) is 1. The summed E-state index contributed by atoms with van der Waals surface area (Å²) in [5.74, 6) is 1.48. The van der Waals surface area contributed by atoms with E-state index in [1.807, 2.05) is 42.5 Å². The standard InChI is InChI=1S/C14H16N2O/c1-2-15-11-12-7-6-10-16-14(12)17-13-8-4-3-5-9-13/h3-10,15H,2,11H2,1H3. The second-order valence-electron chi connectivity index (χ2n) is 3.66. The molecule has 2 aromatic rings. The molecule has 0 saturated heterocycles. The minimum Gasteiger partial charge on any atom is -0.439 e. The van der Waals surface area contributed by atoms with E-state index < -0.39 is 0 Å². The molecule has 1 aromatic carbocycles. The van der Waals surface area contributed by atoms with Gasteiger partial charge in [-0.2, -0.15) is 0 Å². The average Bonchev–Trinajstić information content (AvgIpc) is 2.39. The van der Waals surface area contributed by atoms with E-state index in [0.29, 0.717) is 5.88 Å². The Morgan fingerprint density at radius 3 is 2.71 bits per heavy atom. The van der Waals surface area contributed by atoms with Crippen molar-refractivity contribution in [3.8, 4) is 11.6 Å². The Balaban J connectivity index is 2.15. The third kappa shape index (κ3) is 3.29. The molecule has 1 aromatic heterocycles. The van der Waals surface area contributed by atoms with Crippen molar-refractivity contribution in [2.45, 2.75) is 13.5 Å². The van der Waals surface area contributed by atoms with E-state index in [0.717, 1.165) is 24.4 Å². The van der Waals surface area contributed by atoms with Gasteiger partial charge in [-0.3, -0.25) is 0 Å². The molecule has 0 bridgehead atoms. The summed E-state index contributed by atoms with van der Waals surface area (Å²) < 4.78 is 5.76. The van der Waals surface area contributed by atoms with Crippen molar-refractivity contribution in [3.63, 3.8) is 0 Å². The lowest BCUT2D eigenvalue weighted by molar-refractivity contribution is 0.453. The summed E-state index contributed by atoms with van der Waals surface area (Å²) in [5.41, 5.74) is 1.07. The molecule has 0 radical (unpaired) electrons. The van der Waals surface area contributed by atoms with Crippen LogP contribution in [0.25, 0.3) is 0 Å². The lowest BCUT2D eigenvalue weighted by Crippen LogP contribution is -2.12. The molecule has 0 amide bonds. The molecule has 1 heterocycles. The SMILES string of the molecule is CCNCc1cccnc1Oc1ccccc1. The van der Waals surface area contributed by atoms with Crippen molar-refractivity contribution in [2.24, 2.45) is 0 Å². The largest absolute Gasteiger partial charge is 0.439 e.